The number of halogens is 1. The van der Waals surface area contributed by atoms with Gasteiger partial charge in [0.2, 0.25) is 11.1 Å². The summed E-state index contributed by atoms with van der Waals surface area (Å²) in [6, 6.07) is 4.28. The molecule has 0 heterocycles. The van der Waals surface area contributed by atoms with Crippen molar-refractivity contribution in [3.8, 4) is 0 Å². The van der Waals surface area contributed by atoms with Gasteiger partial charge in [-0.05, 0) is 12.1 Å². The predicted octanol–water partition coefficient (Wildman–Crippen LogP) is 1.44. The molecule has 1 unspecified atom stereocenters. The van der Waals surface area contributed by atoms with Gasteiger partial charge in [0.15, 0.2) is 0 Å². The van der Waals surface area contributed by atoms with Crippen LogP contribution in [0.3, 0.4) is 0 Å². The third-order valence-corrected chi connectivity index (χ3v) is 3.36. The summed E-state index contributed by atoms with van der Waals surface area (Å²) in [6.07, 6.45) is -0.944. The number of carbonyl (C=O) groups is 2. The standard InChI is InChI=1S/C10H10ClNO6S/c1-16-9(13)6-4-3-5-7(11)8(6)19(15)18-12-10(14)17-2/h3-5H,1-2H3,(H,12,14). The SMILES string of the molecule is COC(=O)NOS(=O)c1c(Cl)cccc1C(=O)OC. The molecule has 0 fully saturated rings. The number of hydroxylamine groups is 1. The van der Waals surface area contributed by atoms with Crippen LogP contribution in [0.25, 0.3) is 0 Å². The van der Waals surface area contributed by atoms with E-state index >= 15 is 0 Å². The van der Waals surface area contributed by atoms with Crippen molar-refractivity contribution in [2.75, 3.05) is 14.2 Å². The molecule has 19 heavy (non-hydrogen) atoms. The highest BCUT2D eigenvalue weighted by atomic mass is 35.5. The second-order valence-corrected chi connectivity index (χ2v) is 4.47. The van der Waals surface area contributed by atoms with Gasteiger partial charge in [-0.1, -0.05) is 17.7 Å². The Balaban J connectivity index is 3.01. The van der Waals surface area contributed by atoms with Gasteiger partial charge in [0.25, 0.3) is 0 Å². The zero-order valence-electron chi connectivity index (χ0n) is 9.97. The van der Waals surface area contributed by atoms with Crippen LogP contribution in [-0.4, -0.2) is 30.5 Å². The van der Waals surface area contributed by atoms with Gasteiger partial charge in [0, 0.05) is 0 Å². The van der Waals surface area contributed by atoms with Crippen molar-refractivity contribution in [2.45, 2.75) is 4.90 Å². The topological polar surface area (TPSA) is 90.9 Å². The van der Waals surface area contributed by atoms with Crippen molar-refractivity contribution in [1.82, 2.24) is 5.48 Å². The summed E-state index contributed by atoms with van der Waals surface area (Å²) in [5.41, 5.74) is 1.74. The average Bonchev–Trinajstić information content (AvgIpc) is 2.43. The normalized spacial score (nSPS) is 11.5. The molecule has 1 rings (SSSR count). The zero-order valence-corrected chi connectivity index (χ0v) is 11.5. The molecule has 1 aromatic rings. The van der Waals surface area contributed by atoms with Crippen molar-refractivity contribution in [3.63, 3.8) is 0 Å². The molecule has 0 aromatic heterocycles. The average molecular weight is 308 g/mol. The maximum Gasteiger partial charge on any atom is 0.432 e. The van der Waals surface area contributed by atoms with Crippen LogP contribution in [0.5, 0.6) is 0 Å². The van der Waals surface area contributed by atoms with Gasteiger partial charge in [-0.15, -0.1) is 0 Å². The van der Waals surface area contributed by atoms with Gasteiger partial charge in [-0.2, -0.15) is 9.76 Å². The molecule has 1 aromatic carbocycles. The molecule has 0 bridgehead atoms. The summed E-state index contributed by atoms with van der Waals surface area (Å²) in [7, 11) is 2.28. The van der Waals surface area contributed by atoms with Crippen LogP contribution >= 0.6 is 11.6 Å². The molecule has 0 aliphatic heterocycles. The molecule has 1 amide bonds. The summed E-state index contributed by atoms with van der Waals surface area (Å²) in [6.45, 7) is 0. The van der Waals surface area contributed by atoms with Crippen LogP contribution in [0.4, 0.5) is 4.79 Å². The molecule has 1 N–H and O–H groups in total. The Labute approximate surface area is 116 Å². The van der Waals surface area contributed by atoms with Gasteiger partial charge >= 0.3 is 12.1 Å². The first-order valence-electron chi connectivity index (χ1n) is 4.81. The second-order valence-electron chi connectivity index (χ2n) is 3.02. The van der Waals surface area contributed by atoms with Crippen molar-refractivity contribution < 1.29 is 27.6 Å². The van der Waals surface area contributed by atoms with Crippen LogP contribution < -0.4 is 5.48 Å². The number of hydrogen-bond acceptors (Lipinski definition) is 6. The highest BCUT2D eigenvalue weighted by Crippen LogP contribution is 2.24. The molecule has 0 aliphatic carbocycles. The molecular weight excluding hydrogens is 298 g/mol. The molecule has 0 spiro atoms. The lowest BCUT2D eigenvalue weighted by atomic mass is 10.2. The lowest BCUT2D eigenvalue weighted by molar-refractivity contribution is 0.0596. The Morgan fingerprint density at radius 3 is 2.53 bits per heavy atom. The first kappa shape index (κ1) is 15.4. The molecule has 1 atom stereocenters. The fraction of sp³-hybridized carbons (Fsp3) is 0.200. The van der Waals surface area contributed by atoms with Gasteiger partial charge in [-0.3, -0.25) is 0 Å². The Morgan fingerprint density at radius 1 is 1.26 bits per heavy atom. The first-order chi connectivity index (χ1) is 9.01. The minimum absolute atomic E-state index is 0.0278. The summed E-state index contributed by atoms with van der Waals surface area (Å²) in [5.74, 6) is -0.729. The highest BCUT2D eigenvalue weighted by Gasteiger charge is 2.21. The van der Waals surface area contributed by atoms with Gasteiger partial charge in [0.05, 0.1) is 24.8 Å². The monoisotopic (exact) mass is 307 g/mol. The summed E-state index contributed by atoms with van der Waals surface area (Å²) >= 11 is 3.65. The number of rotatable bonds is 4. The molecule has 0 radical (unpaired) electrons. The lowest BCUT2D eigenvalue weighted by Crippen LogP contribution is -2.25. The number of benzene rings is 1. The molecule has 7 nitrogen and oxygen atoms in total. The highest BCUT2D eigenvalue weighted by molar-refractivity contribution is 7.80. The Kier molecular flexibility index (Phi) is 5.74. The Hall–Kier alpha value is -1.64. The van der Waals surface area contributed by atoms with E-state index in [0.29, 0.717) is 0 Å². The second kappa shape index (κ2) is 7.07. The largest absolute Gasteiger partial charge is 0.465 e. The maximum atomic E-state index is 11.9. The minimum atomic E-state index is -2.20. The fourth-order valence-electron chi connectivity index (χ4n) is 1.10. The van der Waals surface area contributed by atoms with Crippen LogP contribution in [0, 0.1) is 0 Å². The van der Waals surface area contributed by atoms with E-state index < -0.39 is 23.1 Å². The van der Waals surface area contributed by atoms with E-state index in [2.05, 4.69) is 13.8 Å². The predicted molar refractivity (Wildman–Crippen MR) is 65.8 cm³/mol. The quantitative estimate of drug-likeness (QED) is 0.668. The van der Waals surface area contributed by atoms with E-state index in [1.165, 1.54) is 25.3 Å². The van der Waals surface area contributed by atoms with Gasteiger partial charge < -0.3 is 9.47 Å². The lowest BCUT2D eigenvalue weighted by Gasteiger charge is -2.09. The fourth-order valence-corrected chi connectivity index (χ4v) is 2.25. The summed E-state index contributed by atoms with van der Waals surface area (Å²) in [5, 5.41) is 0.0351. The number of amides is 1. The third-order valence-electron chi connectivity index (χ3n) is 1.93. The molecular formula is C10H10ClNO6S. The molecule has 0 saturated heterocycles. The van der Waals surface area contributed by atoms with E-state index in [9.17, 15) is 13.8 Å². The van der Waals surface area contributed by atoms with Crippen molar-refractivity contribution >= 4 is 34.7 Å². The minimum Gasteiger partial charge on any atom is -0.465 e. The molecule has 104 valence electrons. The van der Waals surface area contributed by atoms with E-state index in [1.807, 2.05) is 0 Å². The van der Waals surface area contributed by atoms with Crippen molar-refractivity contribution in [3.05, 3.63) is 28.8 Å². The third kappa shape index (κ3) is 3.91. The van der Waals surface area contributed by atoms with Crippen LogP contribution in [0.2, 0.25) is 5.02 Å². The van der Waals surface area contributed by atoms with E-state index in [1.54, 1.807) is 5.48 Å². The van der Waals surface area contributed by atoms with E-state index in [4.69, 9.17) is 11.6 Å². The number of esters is 1. The maximum absolute atomic E-state index is 11.9. The van der Waals surface area contributed by atoms with Crippen molar-refractivity contribution in [1.29, 1.82) is 0 Å². The smallest absolute Gasteiger partial charge is 0.432 e. The number of ether oxygens (including phenoxy) is 2. The number of nitrogens with one attached hydrogen (secondary N) is 1. The van der Waals surface area contributed by atoms with E-state index in [-0.39, 0.29) is 15.5 Å². The first-order valence-corrected chi connectivity index (χ1v) is 6.26. The number of hydrogen-bond donors (Lipinski definition) is 1. The van der Waals surface area contributed by atoms with Gasteiger partial charge in [0.1, 0.15) is 4.90 Å². The van der Waals surface area contributed by atoms with Crippen LogP contribution in [0.1, 0.15) is 10.4 Å². The summed E-state index contributed by atoms with van der Waals surface area (Å²) < 4.78 is 25.2. The Morgan fingerprint density at radius 2 is 1.95 bits per heavy atom. The molecule has 0 saturated carbocycles. The van der Waals surface area contributed by atoms with Crippen molar-refractivity contribution in [2.24, 2.45) is 0 Å². The number of carbonyl (C=O) groups excluding carboxylic acids is 2. The van der Waals surface area contributed by atoms with Crippen LogP contribution in [-0.2, 0) is 24.8 Å². The van der Waals surface area contributed by atoms with E-state index in [0.717, 1.165) is 7.11 Å². The summed E-state index contributed by atoms with van der Waals surface area (Å²) in [4.78, 5) is 22.2. The Bertz CT molecular complexity index is 521. The van der Waals surface area contributed by atoms with Gasteiger partial charge in [-0.25, -0.2) is 13.8 Å². The molecule has 9 heteroatoms. The zero-order chi connectivity index (χ0) is 14.4. The molecule has 0 aliphatic rings. The number of methoxy groups -OCH3 is 2. The van der Waals surface area contributed by atoms with Crippen LogP contribution in [0.15, 0.2) is 23.1 Å².